The Morgan fingerprint density at radius 3 is 2.72 bits per heavy atom. The van der Waals surface area contributed by atoms with E-state index in [-0.39, 0.29) is 17.6 Å². The molecule has 1 saturated heterocycles. The molecule has 146 valence electrons. The Kier molecular flexibility index (Phi) is 5.13. The van der Waals surface area contributed by atoms with Gasteiger partial charge in [-0.3, -0.25) is 9.78 Å². The van der Waals surface area contributed by atoms with E-state index in [1.165, 1.54) is 12.1 Å². The van der Waals surface area contributed by atoms with Crippen molar-refractivity contribution in [1.29, 1.82) is 5.26 Å². The number of amides is 1. The third-order valence-electron chi connectivity index (χ3n) is 5.50. The maximum atomic E-state index is 13.3. The van der Waals surface area contributed by atoms with Crippen LogP contribution in [-0.2, 0) is 4.79 Å². The van der Waals surface area contributed by atoms with Gasteiger partial charge in [-0.2, -0.15) is 5.26 Å². The Balaban J connectivity index is 1.49. The second-order valence-corrected chi connectivity index (χ2v) is 7.36. The molecule has 0 radical (unpaired) electrons. The van der Waals surface area contributed by atoms with Crippen LogP contribution in [0.5, 0.6) is 0 Å². The number of hydrogen-bond acceptors (Lipinski definition) is 4. The first-order chi connectivity index (χ1) is 14.1. The first-order valence-electron chi connectivity index (χ1n) is 9.66. The van der Waals surface area contributed by atoms with Crippen LogP contribution in [0.25, 0.3) is 10.9 Å². The number of carbonyl (C=O) groups is 1. The first kappa shape index (κ1) is 18.9. The van der Waals surface area contributed by atoms with Crippen molar-refractivity contribution in [2.75, 3.05) is 23.3 Å². The van der Waals surface area contributed by atoms with E-state index in [4.69, 9.17) is 0 Å². The van der Waals surface area contributed by atoms with Crippen molar-refractivity contribution in [2.45, 2.75) is 19.8 Å². The van der Waals surface area contributed by atoms with E-state index in [1.807, 2.05) is 24.3 Å². The number of piperidine rings is 1. The minimum Gasteiger partial charge on any atom is -0.370 e. The summed E-state index contributed by atoms with van der Waals surface area (Å²) >= 11 is 0. The topological polar surface area (TPSA) is 69.0 Å². The number of nitrogens with one attached hydrogen (secondary N) is 1. The number of pyridine rings is 1. The van der Waals surface area contributed by atoms with Crippen LogP contribution in [0.3, 0.4) is 0 Å². The number of carbonyl (C=O) groups excluding carboxylic acids is 1. The van der Waals surface area contributed by atoms with Gasteiger partial charge in [0, 0.05) is 36.3 Å². The highest BCUT2D eigenvalue weighted by Gasteiger charge is 2.27. The monoisotopic (exact) mass is 388 g/mol. The van der Waals surface area contributed by atoms with Gasteiger partial charge in [0.1, 0.15) is 11.9 Å². The predicted octanol–water partition coefficient (Wildman–Crippen LogP) is 4.41. The minimum atomic E-state index is -0.313. The van der Waals surface area contributed by atoms with E-state index in [0.717, 1.165) is 16.6 Å². The third kappa shape index (κ3) is 3.77. The number of aromatic nitrogens is 1. The number of halogens is 1. The molecule has 6 heteroatoms. The summed E-state index contributed by atoms with van der Waals surface area (Å²) < 4.78 is 13.3. The number of aryl methyl sites for hydroxylation is 1. The van der Waals surface area contributed by atoms with Crippen molar-refractivity contribution in [2.24, 2.45) is 5.92 Å². The van der Waals surface area contributed by atoms with E-state index in [9.17, 15) is 14.4 Å². The van der Waals surface area contributed by atoms with Gasteiger partial charge in [0.05, 0.1) is 16.8 Å². The molecule has 1 amide bonds. The summed E-state index contributed by atoms with van der Waals surface area (Å²) in [5, 5.41) is 13.4. The molecule has 0 aliphatic carbocycles. The minimum absolute atomic E-state index is 0.0422. The Morgan fingerprint density at radius 1 is 1.24 bits per heavy atom. The molecule has 1 aliphatic heterocycles. The molecule has 5 nitrogen and oxygen atoms in total. The van der Waals surface area contributed by atoms with Crippen LogP contribution in [0.2, 0.25) is 0 Å². The molecule has 1 aliphatic rings. The molecule has 0 unspecified atom stereocenters. The Bertz CT molecular complexity index is 1110. The van der Waals surface area contributed by atoms with E-state index in [1.54, 1.807) is 19.2 Å². The van der Waals surface area contributed by atoms with E-state index in [0.29, 0.717) is 42.7 Å². The van der Waals surface area contributed by atoms with Gasteiger partial charge >= 0.3 is 0 Å². The number of nitrogens with zero attached hydrogens (tertiary/aromatic N) is 3. The average molecular weight is 388 g/mol. The summed E-state index contributed by atoms with van der Waals surface area (Å²) in [6.45, 7) is 3.14. The number of para-hydroxylation sites is 1. The van der Waals surface area contributed by atoms with Crippen LogP contribution < -0.4 is 10.2 Å². The van der Waals surface area contributed by atoms with Gasteiger partial charge in [-0.15, -0.1) is 0 Å². The standard InChI is InChI=1S/C23H21FN4O/c1-15-12-18(24)6-7-20(15)27-23(29)16-8-10-28(11-9-16)22-17(13-25)14-26-21-5-3-2-4-19(21)22/h2-7,12,14,16H,8-11H2,1H3,(H,27,29). The van der Waals surface area contributed by atoms with Gasteiger partial charge in [0.15, 0.2) is 0 Å². The van der Waals surface area contributed by atoms with Gasteiger partial charge in [0.2, 0.25) is 5.91 Å². The van der Waals surface area contributed by atoms with Crippen LogP contribution in [-0.4, -0.2) is 24.0 Å². The van der Waals surface area contributed by atoms with E-state index < -0.39 is 0 Å². The van der Waals surface area contributed by atoms with Gasteiger partial charge in [-0.05, 0) is 49.6 Å². The Labute approximate surface area is 168 Å². The van der Waals surface area contributed by atoms with Crippen LogP contribution in [0.1, 0.15) is 24.0 Å². The molecule has 3 aromatic rings. The Morgan fingerprint density at radius 2 is 2.00 bits per heavy atom. The molecule has 4 rings (SSSR count). The molecule has 0 atom stereocenters. The predicted molar refractivity (Wildman–Crippen MR) is 111 cm³/mol. The van der Waals surface area contributed by atoms with Crippen LogP contribution in [0.15, 0.2) is 48.7 Å². The van der Waals surface area contributed by atoms with E-state index in [2.05, 4.69) is 21.3 Å². The molecular weight excluding hydrogens is 367 g/mol. The largest absolute Gasteiger partial charge is 0.370 e. The molecule has 0 spiro atoms. The normalized spacial score (nSPS) is 14.6. The van der Waals surface area contributed by atoms with Gasteiger partial charge in [-0.1, -0.05) is 18.2 Å². The lowest BCUT2D eigenvalue weighted by molar-refractivity contribution is -0.120. The fraction of sp³-hybridized carbons (Fsp3) is 0.261. The Hall–Kier alpha value is -3.46. The molecule has 2 heterocycles. The average Bonchev–Trinajstić information content (AvgIpc) is 2.75. The smallest absolute Gasteiger partial charge is 0.227 e. The molecule has 0 saturated carbocycles. The zero-order valence-electron chi connectivity index (χ0n) is 16.2. The number of benzene rings is 2. The van der Waals surface area contributed by atoms with Crippen LogP contribution in [0, 0.1) is 30.0 Å². The van der Waals surface area contributed by atoms with Crippen molar-refractivity contribution in [1.82, 2.24) is 4.98 Å². The second kappa shape index (κ2) is 7.88. The van der Waals surface area contributed by atoms with Crippen molar-refractivity contribution >= 4 is 28.2 Å². The summed E-state index contributed by atoms with van der Waals surface area (Å²) in [5.74, 6) is -0.472. The summed E-state index contributed by atoms with van der Waals surface area (Å²) in [4.78, 5) is 19.2. The summed E-state index contributed by atoms with van der Waals surface area (Å²) in [6, 6.07) is 14.4. The van der Waals surface area contributed by atoms with Crippen molar-refractivity contribution in [3.63, 3.8) is 0 Å². The zero-order chi connectivity index (χ0) is 20.4. The van der Waals surface area contributed by atoms with Crippen molar-refractivity contribution < 1.29 is 9.18 Å². The molecule has 1 N–H and O–H groups in total. The number of rotatable bonds is 3. The number of anilines is 2. The van der Waals surface area contributed by atoms with Crippen LogP contribution in [0.4, 0.5) is 15.8 Å². The molecule has 2 aromatic carbocycles. The SMILES string of the molecule is Cc1cc(F)ccc1NC(=O)C1CCN(c2c(C#N)cnc3ccccc23)CC1. The zero-order valence-corrected chi connectivity index (χ0v) is 16.2. The highest BCUT2D eigenvalue weighted by Crippen LogP contribution is 2.32. The van der Waals surface area contributed by atoms with Crippen molar-refractivity contribution in [3.8, 4) is 6.07 Å². The second-order valence-electron chi connectivity index (χ2n) is 7.36. The summed E-state index contributed by atoms with van der Waals surface area (Å²) in [5.41, 5.74) is 3.65. The summed E-state index contributed by atoms with van der Waals surface area (Å²) in [7, 11) is 0. The number of nitriles is 1. The lowest BCUT2D eigenvalue weighted by Crippen LogP contribution is -2.38. The molecular formula is C23H21FN4O. The lowest BCUT2D eigenvalue weighted by atomic mass is 9.94. The maximum Gasteiger partial charge on any atom is 0.227 e. The van der Waals surface area contributed by atoms with Crippen LogP contribution >= 0.6 is 0 Å². The number of fused-ring (bicyclic) bond motifs is 1. The third-order valence-corrected chi connectivity index (χ3v) is 5.50. The van der Waals surface area contributed by atoms with E-state index >= 15 is 0 Å². The van der Waals surface area contributed by atoms with Gasteiger partial charge in [0.25, 0.3) is 0 Å². The maximum absolute atomic E-state index is 13.3. The van der Waals surface area contributed by atoms with Gasteiger partial charge in [-0.25, -0.2) is 4.39 Å². The molecule has 0 bridgehead atoms. The molecule has 1 fully saturated rings. The lowest BCUT2D eigenvalue weighted by Gasteiger charge is -2.34. The fourth-order valence-electron chi connectivity index (χ4n) is 3.92. The summed E-state index contributed by atoms with van der Waals surface area (Å²) in [6.07, 6.45) is 3.00. The highest BCUT2D eigenvalue weighted by atomic mass is 19.1. The number of hydrogen-bond donors (Lipinski definition) is 1. The first-order valence-corrected chi connectivity index (χ1v) is 9.66. The van der Waals surface area contributed by atoms with Gasteiger partial charge < -0.3 is 10.2 Å². The molecule has 1 aromatic heterocycles. The van der Waals surface area contributed by atoms with Crippen molar-refractivity contribution in [3.05, 3.63) is 65.6 Å². The fourth-order valence-corrected chi connectivity index (χ4v) is 3.92. The quantitative estimate of drug-likeness (QED) is 0.722. The molecule has 29 heavy (non-hydrogen) atoms. The highest BCUT2D eigenvalue weighted by molar-refractivity contribution is 5.95.